The normalized spacial score (nSPS) is 45.0. The molecule has 0 saturated carbocycles. The van der Waals surface area contributed by atoms with Gasteiger partial charge in [0.25, 0.3) is 0 Å². The van der Waals surface area contributed by atoms with Gasteiger partial charge in [0, 0.05) is 11.1 Å². The van der Waals surface area contributed by atoms with Crippen LogP contribution in [0.1, 0.15) is 53.4 Å². The average Bonchev–Trinajstić information content (AvgIpc) is 3.03. The van der Waals surface area contributed by atoms with Gasteiger partial charge in [-0.05, 0) is 53.4 Å². The van der Waals surface area contributed by atoms with E-state index in [1.807, 2.05) is 0 Å². The van der Waals surface area contributed by atoms with Crippen LogP contribution in [0.25, 0.3) is 0 Å². The van der Waals surface area contributed by atoms with Crippen molar-refractivity contribution in [2.24, 2.45) is 0 Å². The van der Waals surface area contributed by atoms with Crippen molar-refractivity contribution in [1.82, 2.24) is 0 Å². The maximum absolute atomic E-state index is 12.7. The molecule has 3 aliphatic heterocycles. The van der Waals surface area contributed by atoms with Crippen molar-refractivity contribution in [3.63, 3.8) is 0 Å². The van der Waals surface area contributed by atoms with Crippen molar-refractivity contribution in [2.45, 2.75) is 126 Å². The van der Waals surface area contributed by atoms with Crippen molar-refractivity contribution >= 4 is 11.9 Å². The van der Waals surface area contributed by atoms with Crippen molar-refractivity contribution < 1.29 is 68.6 Å². The zero-order valence-corrected chi connectivity index (χ0v) is 26.7. The Bertz CT molecular complexity index is 1070. The minimum Gasteiger partial charge on any atom is -0.459 e. The molecule has 0 aromatic carbocycles. The molecule has 3 aliphatic rings. The second kappa shape index (κ2) is 16.1. The molecule has 6 N–H and O–H groups in total. The van der Waals surface area contributed by atoms with E-state index in [0.29, 0.717) is 0 Å². The van der Waals surface area contributed by atoms with E-state index >= 15 is 0 Å². The number of rotatable bonds is 2. The van der Waals surface area contributed by atoms with E-state index in [2.05, 4.69) is 13.2 Å². The molecule has 0 aromatic heterocycles. The zero-order chi connectivity index (χ0) is 34.4. The first kappa shape index (κ1) is 38.0. The molecular weight excluding hydrogens is 608 g/mol. The van der Waals surface area contributed by atoms with Crippen LogP contribution < -0.4 is 0 Å². The Hall–Kier alpha value is -2.50. The van der Waals surface area contributed by atoms with E-state index < -0.39 is 97.8 Å². The number of hydrogen-bond donors (Lipinski definition) is 6. The number of carbonyl (C=O) groups is 2. The molecule has 260 valence electrons. The fourth-order valence-corrected chi connectivity index (χ4v) is 5.11. The van der Waals surface area contributed by atoms with Crippen LogP contribution in [0.2, 0.25) is 0 Å². The summed E-state index contributed by atoms with van der Waals surface area (Å²) in [4.78, 5) is 25.5. The molecule has 14 heteroatoms. The molecule has 0 aromatic rings. The van der Waals surface area contributed by atoms with E-state index in [-0.39, 0.29) is 36.8 Å². The predicted octanol–water partition coefficient (Wildman–Crippen LogP) is 0.0772. The van der Waals surface area contributed by atoms with Gasteiger partial charge < -0.3 is 59.1 Å². The van der Waals surface area contributed by atoms with Crippen molar-refractivity contribution in [3.8, 4) is 0 Å². The number of allylic oxidation sites excluding steroid dienone is 2. The highest BCUT2D eigenvalue weighted by molar-refractivity contribution is 5.88. The van der Waals surface area contributed by atoms with Gasteiger partial charge in [0.05, 0.1) is 11.2 Å². The third kappa shape index (κ3) is 9.31. The predicted molar refractivity (Wildman–Crippen MR) is 161 cm³/mol. The number of fused-ring (bicyclic) bond motifs is 4. The van der Waals surface area contributed by atoms with Gasteiger partial charge in [-0.25, -0.2) is 9.59 Å². The molecule has 14 nitrogen and oxygen atoms in total. The number of aliphatic hydroxyl groups excluding tert-OH is 6. The first-order valence-electron chi connectivity index (χ1n) is 15.2. The van der Waals surface area contributed by atoms with E-state index in [4.69, 9.17) is 28.4 Å². The van der Waals surface area contributed by atoms with Crippen LogP contribution in [0, 0.1) is 0 Å². The Morgan fingerprint density at radius 3 is 1.33 bits per heavy atom. The molecule has 12 atom stereocenters. The number of carbonyl (C=O) groups excluding carboxylic acids is 2. The van der Waals surface area contributed by atoms with Gasteiger partial charge >= 0.3 is 11.9 Å². The minimum absolute atomic E-state index is 0.219. The van der Waals surface area contributed by atoms with Crippen LogP contribution in [-0.2, 0) is 38.0 Å². The van der Waals surface area contributed by atoms with Gasteiger partial charge in [0.2, 0.25) is 0 Å². The van der Waals surface area contributed by atoms with Crippen LogP contribution in [0.4, 0.5) is 0 Å². The molecule has 0 amide bonds. The molecule has 0 spiro atoms. The fourth-order valence-electron chi connectivity index (χ4n) is 5.11. The van der Waals surface area contributed by atoms with Crippen molar-refractivity contribution in [2.75, 3.05) is 13.2 Å². The van der Waals surface area contributed by atoms with Crippen molar-refractivity contribution in [1.29, 1.82) is 0 Å². The minimum atomic E-state index is -1.66. The van der Waals surface area contributed by atoms with Crippen LogP contribution in [0.15, 0.2) is 48.6 Å². The standard InChI is InChI=1S/C32H48O14/c1-7-31(5)13-9-11-17(3)27(39)42-16-20-22(34)24(36)26(38)30(44-20)46-32(6,8-2)14-10-12-18(4)28(40)41-15-19-21(33)23(35)25(37)29(43-19)45-31/h7-8,11-12,19-26,29-30,33-38H,1-2,9-10,13-16H2,3-6H3/b17-11-,18-12-/t19-,20-,21-,22+,23+,24+,25+,26-,29+,30+,31-,32+/m0/s1. The quantitative estimate of drug-likeness (QED) is 0.172. The second-order valence-corrected chi connectivity index (χ2v) is 12.3. The van der Waals surface area contributed by atoms with Gasteiger partial charge in [0.15, 0.2) is 12.6 Å². The molecular formula is C32H48O14. The SMILES string of the molecule is C=C[C@@]1(C)CC/C=C(/C)C(=O)OC[C@@H]2O[C@H](O[C@](C)(C=C)CC/C=C(/C)C(=O)OC[C@@H]3O[C@H](O1)[C@H](O)[C@H](O)[C@H]3O)[C@@H](O)[C@H](O)[C@@H]2O. The summed E-state index contributed by atoms with van der Waals surface area (Å²) < 4.78 is 34.1. The smallest absolute Gasteiger partial charge is 0.333 e. The number of aliphatic hydroxyl groups is 6. The first-order chi connectivity index (χ1) is 21.5. The lowest BCUT2D eigenvalue weighted by Gasteiger charge is -2.43. The second-order valence-electron chi connectivity index (χ2n) is 12.3. The summed E-state index contributed by atoms with van der Waals surface area (Å²) in [6.45, 7) is 13.0. The number of cyclic esters (lactones) is 2. The molecule has 4 bridgehead atoms. The number of esters is 2. The Morgan fingerprint density at radius 1 is 0.652 bits per heavy atom. The average molecular weight is 657 g/mol. The molecule has 2 fully saturated rings. The number of ether oxygens (including phenoxy) is 6. The summed E-state index contributed by atoms with van der Waals surface area (Å²) in [5.74, 6) is -1.44. The topological polar surface area (TPSA) is 211 Å². The molecule has 0 aliphatic carbocycles. The summed E-state index contributed by atoms with van der Waals surface area (Å²) in [5.41, 5.74) is -1.82. The summed E-state index contributed by atoms with van der Waals surface area (Å²) in [5, 5.41) is 63.2. The maximum atomic E-state index is 12.7. The van der Waals surface area contributed by atoms with Gasteiger partial charge in [-0.3, -0.25) is 0 Å². The highest BCUT2D eigenvalue weighted by Gasteiger charge is 2.48. The van der Waals surface area contributed by atoms with E-state index in [0.717, 1.165) is 0 Å². The van der Waals surface area contributed by atoms with Crippen LogP contribution >= 0.6 is 0 Å². The lowest BCUT2D eigenvalue weighted by Crippen LogP contribution is -2.60. The van der Waals surface area contributed by atoms with Gasteiger partial charge in [-0.2, -0.15) is 0 Å². The summed E-state index contributed by atoms with van der Waals surface area (Å²) in [6.07, 6.45) is -7.94. The summed E-state index contributed by atoms with van der Waals surface area (Å²) >= 11 is 0. The lowest BCUT2D eigenvalue weighted by molar-refractivity contribution is -0.320. The molecule has 0 radical (unpaired) electrons. The third-order valence-corrected chi connectivity index (χ3v) is 8.56. The largest absolute Gasteiger partial charge is 0.459 e. The van der Waals surface area contributed by atoms with E-state index in [9.17, 15) is 40.2 Å². The van der Waals surface area contributed by atoms with Crippen LogP contribution in [0.5, 0.6) is 0 Å². The molecule has 2 saturated heterocycles. The highest BCUT2D eigenvalue weighted by Crippen LogP contribution is 2.31. The monoisotopic (exact) mass is 656 g/mol. The molecule has 46 heavy (non-hydrogen) atoms. The molecule has 3 heterocycles. The summed E-state index contributed by atoms with van der Waals surface area (Å²) in [6, 6.07) is 0. The van der Waals surface area contributed by atoms with Gasteiger partial charge in [-0.15, -0.1) is 13.2 Å². The zero-order valence-electron chi connectivity index (χ0n) is 26.7. The van der Waals surface area contributed by atoms with Crippen LogP contribution in [0.3, 0.4) is 0 Å². The Labute approximate surface area is 268 Å². The van der Waals surface area contributed by atoms with Gasteiger partial charge in [0.1, 0.15) is 62.0 Å². The highest BCUT2D eigenvalue weighted by atomic mass is 16.7. The lowest BCUT2D eigenvalue weighted by atomic mass is 9.96. The number of hydrogen-bond acceptors (Lipinski definition) is 14. The van der Waals surface area contributed by atoms with Crippen LogP contribution in [-0.4, -0.2) is 128 Å². The van der Waals surface area contributed by atoms with Gasteiger partial charge in [-0.1, -0.05) is 24.3 Å². The fraction of sp³-hybridized carbons (Fsp3) is 0.688. The molecule has 0 unspecified atom stereocenters. The van der Waals surface area contributed by atoms with E-state index in [1.165, 1.54) is 26.0 Å². The van der Waals surface area contributed by atoms with Crippen molar-refractivity contribution in [3.05, 3.63) is 48.6 Å². The maximum Gasteiger partial charge on any atom is 0.333 e. The Balaban J connectivity index is 1.87. The Kier molecular flexibility index (Phi) is 13.3. The molecule has 3 rings (SSSR count). The first-order valence-corrected chi connectivity index (χ1v) is 15.2. The summed E-state index contributed by atoms with van der Waals surface area (Å²) in [7, 11) is 0. The third-order valence-electron chi connectivity index (χ3n) is 8.56. The Morgan fingerprint density at radius 2 is 1.00 bits per heavy atom. The van der Waals surface area contributed by atoms with E-state index in [1.54, 1.807) is 26.0 Å².